The fraction of sp³-hybridized carbons (Fsp3) is 0.240. The topological polar surface area (TPSA) is 110 Å². The zero-order valence-corrected chi connectivity index (χ0v) is 18.0. The molecule has 2 aromatic heterocycles. The summed E-state index contributed by atoms with van der Waals surface area (Å²) in [7, 11) is 0. The molecule has 2 aromatic carbocycles. The van der Waals surface area contributed by atoms with Crippen molar-refractivity contribution in [2.45, 2.75) is 39.7 Å². The first-order valence-electron chi connectivity index (χ1n) is 10.3. The Labute approximate surface area is 183 Å². The molecule has 0 aliphatic carbocycles. The Hall–Kier alpha value is -3.87. The zero-order chi connectivity index (χ0) is 23.0. The summed E-state index contributed by atoms with van der Waals surface area (Å²) in [5.41, 5.74) is 3.00. The van der Waals surface area contributed by atoms with Gasteiger partial charge >= 0.3 is 11.6 Å². The van der Waals surface area contributed by atoms with Crippen LogP contribution in [0, 0.1) is 20.8 Å². The van der Waals surface area contributed by atoms with Crippen LogP contribution in [0.1, 0.15) is 28.0 Å². The van der Waals surface area contributed by atoms with Crippen LogP contribution in [0.3, 0.4) is 0 Å². The lowest BCUT2D eigenvalue weighted by atomic mass is 10.0. The van der Waals surface area contributed by atoms with E-state index in [1.807, 2.05) is 26.0 Å². The first-order valence-corrected chi connectivity index (χ1v) is 10.3. The molecule has 4 aromatic rings. The van der Waals surface area contributed by atoms with Crippen molar-refractivity contribution >= 4 is 33.8 Å². The van der Waals surface area contributed by atoms with Crippen LogP contribution in [0.15, 0.2) is 56.1 Å². The van der Waals surface area contributed by atoms with E-state index in [-0.39, 0.29) is 18.4 Å². The maximum Gasteiger partial charge on any atom is 0.340 e. The van der Waals surface area contributed by atoms with Gasteiger partial charge in [0, 0.05) is 23.3 Å². The number of amides is 1. The van der Waals surface area contributed by atoms with Gasteiger partial charge in [-0.25, -0.2) is 9.59 Å². The molecular formula is C25H23NO6. The van der Waals surface area contributed by atoms with E-state index in [1.165, 1.54) is 0 Å². The second-order valence-electron chi connectivity index (χ2n) is 7.95. The van der Waals surface area contributed by atoms with Crippen LogP contribution < -0.4 is 10.9 Å². The molecule has 0 aliphatic heterocycles. The minimum atomic E-state index is -1.14. The van der Waals surface area contributed by atoms with Crippen molar-refractivity contribution in [2.75, 3.05) is 0 Å². The third kappa shape index (κ3) is 4.01. The van der Waals surface area contributed by atoms with Crippen LogP contribution >= 0.6 is 0 Å². The van der Waals surface area contributed by atoms with E-state index in [2.05, 4.69) is 5.32 Å². The van der Waals surface area contributed by atoms with Crippen LogP contribution in [-0.4, -0.2) is 23.0 Å². The number of hydrogen-bond acceptors (Lipinski definition) is 5. The second-order valence-corrected chi connectivity index (χ2v) is 7.95. The number of aryl methyl sites for hydroxylation is 3. The van der Waals surface area contributed by atoms with Crippen molar-refractivity contribution < 1.29 is 23.5 Å². The molecule has 0 bridgehead atoms. The second kappa shape index (κ2) is 8.34. The molecule has 7 heteroatoms. The summed E-state index contributed by atoms with van der Waals surface area (Å²) in [6.45, 7) is 5.58. The maximum absolute atomic E-state index is 12.7. The van der Waals surface area contributed by atoms with Crippen LogP contribution in [0.2, 0.25) is 0 Å². The molecular weight excluding hydrogens is 410 g/mol. The normalized spacial score (nSPS) is 12.2. The van der Waals surface area contributed by atoms with Gasteiger partial charge in [-0.1, -0.05) is 30.3 Å². The van der Waals surface area contributed by atoms with E-state index in [9.17, 15) is 19.5 Å². The standard InChI is InChI=1S/C25H23NO6/c1-13-15(3)31-21-12-22-18(10-17(13)21)14(2)19(25(30)32-22)11-23(27)26-20(24(28)29)9-16-7-5-4-6-8-16/h4-8,10,12,20H,9,11H2,1-3H3,(H,26,27)(H,28,29). The highest BCUT2D eigenvalue weighted by Gasteiger charge is 2.23. The molecule has 0 saturated heterocycles. The van der Waals surface area contributed by atoms with Crippen molar-refractivity contribution in [3.8, 4) is 0 Å². The van der Waals surface area contributed by atoms with E-state index in [1.54, 1.807) is 37.3 Å². The maximum atomic E-state index is 12.7. The van der Waals surface area contributed by atoms with Gasteiger partial charge in [-0.05, 0) is 43.5 Å². The highest BCUT2D eigenvalue weighted by Crippen LogP contribution is 2.31. The Kier molecular flexibility index (Phi) is 5.57. The van der Waals surface area contributed by atoms with Crippen LogP contribution in [0.5, 0.6) is 0 Å². The van der Waals surface area contributed by atoms with Crippen LogP contribution in [-0.2, 0) is 22.4 Å². The number of nitrogens with one attached hydrogen (secondary N) is 1. The van der Waals surface area contributed by atoms with Crippen molar-refractivity contribution in [2.24, 2.45) is 0 Å². The van der Waals surface area contributed by atoms with Crippen molar-refractivity contribution in [3.63, 3.8) is 0 Å². The van der Waals surface area contributed by atoms with E-state index in [0.29, 0.717) is 22.1 Å². The minimum absolute atomic E-state index is 0.143. The number of carboxylic acid groups (broad SMARTS) is 1. The van der Waals surface area contributed by atoms with Gasteiger partial charge < -0.3 is 19.3 Å². The van der Waals surface area contributed by atoms with Gasteiger partial charge in [-0.3, -0.25) is 4.79 Å². The van der Waals surface area contributed by atoms with E-state index in [4.69, 9.17) is 8.83 Å². The summed E-state index contributed by atoms with van der Waals surface area (Å²) in [6, 6.07) is 11.5. The highest BCUT2D eigenvalue weighted by atomic mass is 16.4. The molecule has 164 valence electrons. The van der Waals surface area contributed by atoms with Gasteiger partial charge in [0.05, 0.1) is 12.0 Å². The number of furan rings is 1. The Morgan fingerprint density at radius 1 is 0.969 bits per heavy atom. The molecule has 1 amide bonds. The molecule has 7 nitrogen and oxygen atoms in total. The van der Waals surface area contributed by atoms with Gasteiger partial charge in [0.2, 0.25) is 5.91 Å². The summed E-state index contributed by atoms with van der Waals surface area (Å²) in [6.07, 6.45) is -0.131. The number of carbonyl (C=O) groups excluding carboxylic acids is 1. The third-order valence-electron chi connectivity index (χ3n) is 5.84. The Bertz CT molecular complexity index is 1400. The molecule has 1 atom stereocenters. The van der Waals surface area contributed by atoms with E-state index in [0.717, 1.165) is 22.3 Å². The number of hydrogen-bond donors (Lipinski definition) is 2. The lowest BCUT2D eigenvalue weighted by Gasteiger charge is -2.15. The van der Waals surface area contributed by atoms with Crippen LogP contribution in [0.25, 0.3) is 21.9 Å². The number of carbonyl (C=O) groups is 2. The average molecular weight is 433 g/mol. The number of benzene rings is 2. The van der Waals surface area contributed by atoms with E-state index < -0.39 is 23.5 Å². The third-order valence-corrected chi connectivity index (χ3v) is 5.84. The lowest BCUT2D eigenvalue weighted by Crippen LogP contribution is -2.43. The Morgan fingerprint density at radius 2 is 1.62 bits per heavy atom. The predicted octanol–water partition coefficient (Wildman–Crippen LogP) is 3.82. The summed E-state index contributed by atoms with van der Waals surface area (Å²) >= 11 is 0. The summed E-state index contributed by atoms with van der Waals surface area (Å²) in [4.78, 5) is 36.9. The quantitative estimate of drug-likeness (QED) is 0.448. The minimum Gasteiger partial charge on any atom is -0.480 e. The molecule has 4 rings (SSSR count). The molecule has 0 radical (unpaired) electrons. The first kappa shape index (κ1) is 21.4. The SMILES string of the molecule is Cc1oc2cc3oc(=O)c(CC(=O)NC(Cc4ccccc4)C(=O)O)c(C)c3cc2c1C. The largest absolute Gasteiger partial charge is 0.480 e. The average Bonchev–Trinajstić information content (AvgIpc) is 3.03. The lowest BCUT2D eigenvalue weighted by molar-refractivity contribution is -0.141. The predicted molar refractivity (Wildman–Crippen MR) is 120 cm³/mol. The van der Waals surface area contributed by atoms with Gasteiger partial charge in [0.1, 0.15) is 23.0 Å². The number of fused-ring (bicyclic) bond motifs is 2. The van der Waals surface area contributed by atoms with Crippen LogP contribution in [0.4, 0.5) is 0 Å². The zero-order valence-electron chi connectivity index (χ0n) is 18.0. The van der Waals surface area contributed by atoms with Gasteiger partial charge in [-0.2, -0.15) is 0 Å². The number of aliphatic carboxylic acids is 1. The Morgan fingerprint density at radius 3 is 2.31 bits per heavy atom. The van der Waals surface area contributed by atoms with Crippen molar-refractivity contribution in [1.29, 1.82) is 0 Å². The summed E-state index contributed by atoms with van der Waals surface area (Å²) in [5, 5.41) is 13.7. The summed E-state index contributed by atoms with van der Waals surface area (Å²) < 4.78 is 11.2. The van der Waals surface area contributed by atoms with Crippen molar-refractivity contribution in [1.82, 2.24) is 5.32 Å². The molecule has 0 saturated carbocycles. The monoisotopic (exact) mass is 433 g/mol. The number of carboxylic acids is 1. The Balaban J connectivity index is 1.63. The molecule has 0 fully saturated rings. The van der Waals surface area contributed by atoms with Crippen molar-refractivity contribution in [3.05, 3.63) is 80.9 Å². The molecule has 0 spiro atoms. The molecule has 0 aliphatic rings. The number of rotatable bonds is 6. The molecule has 32 heavy (non-hydrogen) atoms. The summed E-state index contributed by atoms with van der Waals surface area (Å²) in [5.74, 6) is -0.912. The fourth-order valence-corrected chi connectivity index (χ4v) is 3.88. The molecule has 2 heterocycles. The van der Waals surface area contributed by atoms with Gasteiger partial charge in [-0.15, -0.1) is 0 Å². The van der Waals surface area contributed by atoms with Gasteiger partial charge in [0.15, 0.2) is 0 Å². The fourth-order valence-electron chi connectivity index (χ4n) is 3.88. The van der Waals surface area contributed by atoms with Gasteiger partial charge in [0.25, 0.3) is 0 Å². The smallest absolute Gasteiger partial charge is 0.340 e. The highest BCUT2D eigenvalue weighted by molar-refractivity contribution is 5.97. The molecule has 1 unspecified atom stereocenters. The molecule has 2 N–H and O–H groups in total. The van der Waals surface area contributed by atoms with E-state index >= 15 is 0 Å². The first-order chi connectivity index (χ1) is 15.2.